The van der Waals surface area contributed by atoms with E-state index in [1.165, 1.54) is 19.3 Å². The van der Waals surface area contributed by atoms with Gasteiger partial charge in [0.05, 0.1) is 0 Å². The standard InChI is InChI=1S/C26H41N3O3/c1-19-8-7-15-28(16-19)26(4,5)18-27-25(31)22-11-13-23(14-12-22)32-17-24(30)29-20(2)9-6-10-21(29)3/h11-14,19-21H,6-10,15-18H2,1-5H3,(H,27,31). The van der Waals surface area contributed by atoms with E-state index in [2.05, 4.69) is 44.8 Å². The Balaban J connectivity index is 1.48. The van der Waals surface area contributed by atoms with Gasteiger partial charge in [0.1, 0.15) is 5.75 Å². The molecule has 0 radical (unpaired) electrons. The second-order valence-electron chi connectivity index (χ2n) is 10.4. The zero-order valence-corrected chi connectivity index (χ0v) is 20.5. The molecular weight excluding hydrogens is 402 g/mol. The van der Waals surface area contributed by atoms with Crippen molar-refractivity contribution >= 4 is 11.8 Å². The van der Waals surface area contributed by atoms with Crippen molar-refractivity contribution < 1.29 is 14.3 Å². The fourth-order valence-corrected chi connectivity index (χ4v) is 5.08. The fraction of sp³-hybridized carbons (Fsp3) is 0.692. The Bertz CT molecular complexity index is 767. The molecule has 178 valence electrons. The quantitative estimate of drug-likeness (QED) is 0.689. The van der Waals surface area contributed by atoms with Crippen molar-refractivity contribution in [1.82, 2.24) is 15.1 Å². The topological polar surface area (TPSA) is 61.9 Å². The van der Waals surface area contributed by atoms with Crippen LogP contribution in [0.25, 0.3) is 0 Å². The van der Waals surface area contributed by atoms with Crippen molar-refractivity contribution in [2.75, 3.05) is 26.2 Å². The van der Waals surface area contributed by atoms with Crippen LogP contribution in [-0.2, 0) is 4.79 Å². The molecule has 0 bridgehead atoms. The second kappa shape index (κ2) is 10.7. The second-order valence-corrected chi connectivity index (χ2v) is 10.4. The highest BCUT2D eigenvalue weighted by molar-refractivity contribution is 5.94. The molecule has 3 atom stereocenters. The Labute approximate surface area is 193 Å². The number of likely N-dealkylation sites (tertiary alicyclic amines) is 2. The average Bonchev–Trinajstić information content (AvgIpc) is 2.76. The normalized spacial score (nSPS) is 24.8. The highest BCUT2D eigenvalue weighted by Crippen LogP contribution is 2.24. The van der Waals surface area contributed by atoms with Crippen LogP contribution in [0.2, 0.25) is 0 Å². The predicted octanol–water partition coefficient (Wildman–Crippen LogP) is 4.10. The van der Waals surface area contributed by atoms with Crippen molar-refractivity contribution in [1.29, 1.82) is 0 Å². The van der Waals surface area contributed by atoms with Gasteiger partial charge in [0.25, 0.3) is 11.8 Å². The van der Waals surface area contributed by atoms with Crippen molar-refractivity contribution in [3.8, 4) is 5.75 Å². The van der Waals surface area contributed by atoms with E-state index in [-0.39, 0.29) is 36.0 Å². The Morgan fingerprint density at radius 3 is 2.31 bits per heavy atom. The molecule has 6 nitrogen and oxygen atoms in total. The summed E-state index contributed by atoms with van der Waals surface area (Å²) in [4.78, 5) is 29.7. The van der Waals surface area contributed by atoms with E-state index in [4.69, 9.17) is 4.74 Å². The highest BCUT2D eigenvalue weighted by Gasteiger charge is 2.31. The number of rotatable bonds is 7. The minimum absolute atomic E-state index is 0.0285. The summed E-state index contributed by atoms with van der Waals surface area (Å²) >= 11 is 0. The molecule has 0 saturated carbocycles. The minimum Gasteiger partial charge on any atom is -0.484 e. The number of amides is 2. The van der Waals surface area contributed by atoms with Crippen LogP contribution in [0.4, 0.5) is 0 Å². The van der Waals surface area contributed by atoms with Gasteiger partial charge in [0.15, 0.2) is 6.61 Å². The van der Waals surface area contributed by atoms with E-state index in [0.29, 0.717) is 23.8 Å². The minimum atomic E-state index is -0.0817. The Kier molecular flexibility index (Phi) is 8.21. The number of piperidine rings is 2. The van der Waals surface area contributed by atoms with Crippen LogP contribution in [0.3, 0.4) is 0 Å². The van der Waals surface area contributed by atoms with Gasteiger partial charge in [-0.1, -0.05) is 6.92 Å². The van der Waals surface area contributed by atoms with Gasteiger partial charge in [-0.3, -0.25) is 14.5 Å². The van der Waals surface area contributed by atoms with Gasteiger partial charge in [-0.2, -0.15) is 0 Å². The lowest BCUT2D eigenvalue weighted by Gasteiger charge is -2.43. The van der Waals surface area contributed by atoms with Crippen LogP contribution in [0.15, 0.2) is 24.3 Å². The first-order chi connectivity index (χ1) is 15.2. The summed E-state index contributed by atoms with van der Waals surface area (Å²) in [6.45, 7) is 13.7. The van der Waals surface area contributed by atoms with Crippen molar-refractivity contribution in [2.24, 2.45) is 5.92 Å². The number of carbonyl (C=O) groups excluding carboxylic acids is 2. The van der Waals surface area contributed by atoms with Crippen LogP contribution in [0.1, 0.15) is 77.1 Å². The third-order valence-corrected chi connectivity index (χ3v) is 7.15. The summed E-state index contributed by atoms with van der Waals surface area (Å²) in [5, 5.41) is 3.09. The lowest BCUT2D eigenvalue weighted by atomic mass is 9.93. The van der Waals surface area contributed by atoms with Gasteiger partial charge < -0.3 is 15.0 Å². The molecule has 0 aromatic heterocycles. The van der Waals surface area contributed by atoms with Crippen molar-refractivity contribution in [2.45, 2.75) is 84.3 Å². The van der Waals surface area contributed by atoms with Gasteiger partial charge >= 0.3 is 0 Å². The van der Waals surface area contributed by atoms with Crippen molar-refractivity contribution in [3.05, 3.63) is 29.8 Å². The monoisotopic (exact) mass is 443 g/mol. The molecule has 2 aliphatic heterocycles. The van der Waals surface area contributed by atoms with Crippen LogP contribution < -0.4 is 10.1 Å². The molecule has 6 heteroatoms. The molecule has 1 aromatic carbocycles. The molecule has 2 heterocycles. The van der Waals surface area contributed by atoms with Gasteiger partial charge in [0.2, 0.25) is 0 Å². The summed E-state index contributed by atoms with van der Waals surface area (Å²) in [5.74, 6) is 1.26. The average molecular weight is 444 g/mol. The first-order valence-corrected chi connectivity index (χ1v) is 12.2. The molecule has 2 saturated heterocycles. The predicted molar refractivity (Wildman–Crippen MR) is 128 cm³/mol. The molecule has 0 spiro atoms. The van der Waals surface area contributed by atoms with E-state index in [0.717, 1.165) is 25.9 Å². The molecule has 2 aliphatic rings. The van der Waals surface area contributed by atoms with E-state index < -0.39 is 0 Å². The smallest absolute Gasteiger partial charge is 0.260 e. The third-order valence-electron chi connectivity index (χ3n) is 7.15. The summed E-state index contributed by atoms with van der Waals surface area (Å²) in [7, 11) is 0. The first-order valence-electron chi connectivity index (χ1n) is 12.2. The van der Waals surface area contributed by atoms with E-state index in [9.17, 15) is 9.59 Å². The van der Waals surface area contributed by atoms with E-state index >= 15 is 0 Å². The molecule has 3 unspecified atom stereocenters. The number of nitrogens with zero attached hydrogens (tertiary/aromatic N) is 2. The number of hydrogen-bond acceptors (Lipinski definition) is 4. The summed E-state index contributed by atoms with van der Waals surface area (Å²) in [6, 6.07) is 7.58. The number of carbonyl (C=O) groups is 2. The number of benzene rings is 1. The van der Waals surface area contributed by atoms with Crippen molar-refractivity contribution in [3.63, 3.8) is 0 Å². The van der Waals surface area contributed by atoms with E-state index in [1.807, 2.05) is 4.90 Å². The number of hydrogen-bond donors (Lipinski definition) is 1. The van der Waals surface area contributed by atoms with Crippen LogP contribution in [0, 0.1) is 5.92 Å². The number of ether oxygens (including phenoxy) is 1. The molecule has 0 aliphatic carbocycles. The lowest BCUT2D eigenvalue weighted by Crippen LogP contribution is -2.54. The van der Waals surface area contributed by atoms with Crippen LogP contribution in [0.5, 0.6) is 5.75 Å². The fourth-order valence-electron chi connectivity index (χ4n) is 5.08. The third kappa shape index (κ3) is 6.25. The lowest BCUT2D eigenvalue weighted by molar-refractivity contribution is -0.139. The van der Waals surface area contributed by atoms with Gasteiger partial charge in [-0.15, -0.1) is 0 Å². The maximum atomic E-state index is 12.7. The Morgan fingerprint density at radius 1 is 1.03 bits per heavy atom. The highest BCUT2D eigenvalue weighted by atomic mass is 16.5. The van der Waals surface area contributed by atoms with E-state index in [1.54, 1.807) is 24.3 Å². The first kappa shape index (κ1) is 24.6. The molecule has 32 heavy (non-hydrogen) atoms. The summed E-state index contributed by atoms with van der Waals surface area (Å²) in [6.07, 6.45) is 5.78. The Hall–Kier alpha value is -2.08. The van der Waals surface area contributed by atoms with Crippen LogP contribution in [-0.4, -0.2) is 65.5 Å². The van der Waals surface area contributed by atoms with Crippen LogP contribution >= 0.6 is 0 Å². The maximum absolute atomic E-state index is 12.7. The Morgan fingerprint density at radius 2 is 1.69 bits per heavy atom. The zero-order valence-electron chi connectivity index (χ0n) is 20.5. The summed E-state index contributed by atoms with van der Waals surface area (Å²) < 4.78 is 5.73. The molecule has 1 N–H and O–H groups in total. The van der Waals surface area contributed by atoms with Gasteiger partial charge in [-0.25, -0.2) is 0 Å². The van der Waals surface area contributed by atoms with Gasteiger partial charge in [0, 0.05) is 36.3 Å². The largest absolute Gasteiger partial charge is 0.484 e. The number of nitrogens with one attached hydrogen (secondary N) is 1. The zero-order chi connectivity index (χ0) is 23.3. The van der Waals surface area contributed by atoms with Gasteiger partial charge in [-0.05, 0) is 96.5 Å². The SMILES string of the molecule is CC1CCCN(C(C)(C)CNC(=O)c2ccc(OCC(=O)N3C(C)CCCC3C)cc2)C1. The molecule has 2 fully saturated rings. The maximum Gasteiger partial charge on any atom is 0.260 e. The summed E-state index contributed by atoms with van der Waals surface area (Å²) in [5.41, 5.74) is 0.529. The molecular formula is C26H41N3O3. The molecule has 2 amide bonds. The molecule has 1 aromatic rings. The molecule has 3 rings (SSSR count).